The van der Waals surface area contributed by atoms with Crippen molar-refractivity contribution in [3.05, 3.63) is 0 Å². The maximum absolute atomic E-state index is 10.9. The molecule has 0 bridgehead atoms. The molecule has 0 aromatic carbocycles. The van der Waals surface area contributed by atoms with Gasteiger partial charge in [0, 0.05) is 0 Å². The zero-order chi connectivity index (χ0) is 8.53. The number of rotatable bonds is 6. The van der Waals surface area contributed by atoms with Gasteiger partial charge in [-0.05, 0) is 0 Å². The van der Waals surface area contributed by atoms with E-state index in [2.05, 4.69) is 13.8 Å². The van der Waals surface area contributed by atoms with Crippen molar-refractivity contribution >= 4 is 30.7 Å². The molecule has 0 atom stereocenters. The Hall–Kier alpha value is 0.392. The number of unbranched alkanes of at least 4 members (excludes halogenated alkanes) is 2. The first-order valence-electron chi connectivity index (χ1n) is 4.23. The van der Waals surface area contributed by atoms with Crippen LogP contribution in [-0.2, 0) is 7.48 Å². The molecule has 0 heterocycles. The van der Waals surface area contributed by atoms with Crippen molar-refractivity contribution < 1.29 is 7.48 Å². The quantitative estimate of drug-likeness (QED) is 0.542. The molecule has 0 saturated carbocycles. The summed E-state index contributed by atoms with van der Waals surface area (Å²) in [5, 5.41) is 0. The summed E-state index contributed by atoms with van der Waals surface area (Å²) in [5.74, 6) is 0.0450. The van der Waals surface area contributed by atoms with Crippen LogP contribution < -0.4 is 0 Å². The van der Waals surface area contributed by atoms with Gasteiger partial charge in [-0.1, -0.05) is 0 Å². The van der Waals surface area contributed by atoms with Gasteiger partial charge in [0.1, 0.15) is 0 Å². The van der Waals surface area contributed by atoms with Crippen molar-refractivity contribution in [3.8, 4) is 0 Å². The minimum absolute atomic E-state index is 0.0450. The normalized spacial score (nSPS) is 9.64. The summed E-state index contributed by atoms with van der Waals surface area (Å²) in [5.41, 5.74) is 0. The molecule has 2 radical (unpaired) electrons. The Morgan fingerprint density at radius 3 is 2.64 bits per heavy atom. The molecule has 0 unspecified atom stereocenters. The van der Waals surface area contributed by atoms with Crippen molar-refractivity contribution in [2.75, 3.05) is 0 Å². The van der Waals surface area contributed by atoms with Gasteiger partial charge in [0.15, 0.2) is 0 Å². The second-order valence-corrected chi connectivity index (χ2v) is 7.09. The summed E-state index contributed by atoms with van der Waals surface area (Å²) in [4.78, 5) is 10.9. The predicted molar refractivity (Wildman–Crippen MR) is 46.5 cm³/mol. The van der Waals surface area contributed by atoms with Crippen molar-refractivity contribution in [2.24, 2.45) is 0 Å². The van der Waals surface area contributed by atoms with E-state index >= 15 is 0 Å². The third-order valence-electron chi connectivity index (χ3n) is 1.31. The van der Waals surface area contributed by atoms with Crippen LogP contribution in [0.5, 0.6) is 0 Å². The first kappa shape index (κ1) is 11.4. The Labute approximate surface area is 81.6 Å². The maximum atomic E-state index is 10.9. The summed E-state index contributed by atoms with van der Waals surface area (Å²) < 4.78 is 6.20. The van der Waals surface area contributed by atoms with Crippen LogP contribution in [0.25, 0.3) is 0 Å². The van der Waals surface area contributed by atoms with E-state index in [-0.39, 0.29) is 5.97 Å². The van der Waals surface area contributed by atoms with Gasteiger partial charge in [-0.2, -0.15) is 0 Å². The molecule has 0 fully saturated rings. The molecule has 11 heavy (non-hydrogen) atoms. The summed E-state index contributed by atoms with van der Waals surface area (Å²) in [7, 11) is 0. The summed E-state index contributed by atoms with van der Waals surface area (Å²) >= 11 is -0.943. The van der Waals surface area contributed by atoms with Gasteiger partial charge in [0.05, 0.1) is 0 Å². The van der Waals surface area contributed by atoms with Crippen LogP contribution in [0.4, 0.5) is 0 Å². The molecule has 0 spiro atoms. The Morgan fingerprint density at radius 2 is 2.09 bits per heavy atom. The number of carbonyl (C=O) groups excluding carboxylic acids is 1. The fourth-order valence-corrected chi connectivity index (χ4v) is 2.31. The van der Waals surface area contributed by atoms with E-state index in [0.29, 0.717) is 6.42 Å². The topological polar surface area (TPSA) is 26.3 Å². The monoisotopic (exact) mass is 352 g/mol. The summed E-state index contributed by atoms with van der Waals surface area (Å²) in [6, 6.07) is 0. The molecule has 0 aliphatic carbocycles. The molecule has 2 nitrogen and oxygen atoms in total. The number of carbonyl (C=O) groups is 1. The van der Waals surface area contributed by atoms with E-state index in [1.165, 1.54) is 6.42 Å². The molecule has 0 rings (SSSR count). The SMILES string of the molecule is CCCCCC(=O)[O][Pb][CH2]C. The second kappa shape index (κ2) is 8.49. The fourth-order valence-electron chi connectivity index (χ4n) is 0.723. The van der Waals surface area contributed by atoms with Crippen LogP contribution in [-0.4, -0.2) is 30.7 Å². The van der Waals surface area contributed by atoms with E-state index in [0.717, 1.165) is 16.8 Å². The molecule has 3 heteroatoms. The van der Waals surface area contributed by atoms with E-state index in [9.17, 15) is 4.79 Å². The predicted octanol–water partition coefficient (Wildman–Crippen LogP) is 2.17. The molecule has 0 saturated heterocycles. The Bertz CT molecular complexity index is 104. The van der Waals surface area contributed by atoms with Gasteiger partial charge < -0.3 is 0 Å². The summed E-state index contributed by atoms with van der Waals surface area (Å²) in [6.45, 7) is 4.22. The van der Waals surface area contributed by atoms with Gasteiger partial charge in [-0.15, -0.1) is 0 Å². The molecule has 0 aliphatic heterocycles. The van der Waals surface area contributed by atoms with Crippen molar-refractivity contribution in [3.63, 3.8) is 0 Å². The van der Waals surface area contributed by atoms with E-state index in [1.807, 2.05) is 0 Å². The zero-order valence-electron chi connectivity index (χ0n) is 7.35. The Balaban J connectivity index is 3.09. The van der Waals surface area contributed by atoms with Crippen LogP contribution in [0, 0.1) is 0 Å². The number of hydrogen-bond donors (Lipinski definition) is 0. The summed E-state index contributed by atoms with van der Waals surface area (Å²) in [6.07, 6.45) is 3.96. The fraction of sp³-hybridized carbons (Fsp3) is 0.875. The van der Waals surface area contributed by atoms with Gasteiger partial charge >= 0.3 is 81.7 Å². The first-order chi connectivity index (χ1) is 5.31. The van der Waals surface area contributed by atoms with Crippen molar-refractivity contribution in [1.82, 2.24) is 0 Å². The molecule has 0 aromatic rings. The van der Waals surface area contributed by atoms with Gasteiger partial charge in [-0.25, -0.2) is 0 Å². The van der Waals surface area contributed by atoms with Crippen LogP contribution in [0.2, 0.25) is 3.98 Å². The average molecular weight is 351 g/mol. The molecule has 0 aromatic heterocycles. The van der Waals surface area contributed by atoms with Crippen molar-refractivity contribution in [2.45, 2.75) is 43.5 Å². The van der Waals surface area contributed by atoms with Crippen LogP contribution in [0.15, 0.2) is 0 Å². The zero-order valence-corrected chi connectivity index (χ0v) is 11.2. The first-order valence-corrected chi connectivity index (χ1v) is 8.57. The third-order valence-corrected chi connectivity index (χ3v) is 3.88. The molecule has 0 N–H and O–H groups in total. The van der Waals surface area contributed by atoms with E-state index < -0.39 is 24.7 Å². The minimum atomic E-state index is -0.943. The van der Waals surface area contributed by atoms with Crippen LogP contribution in [0.1, 0.15) is 39.5 Å². The standard InChI is InChI=1S/C6H12O2.C2H5.Pb/c1-2-3-4-5-6(7)8;1-2;/h2-5H2,1H3,(H,7,8);1H2,2H3;/q;;+1/p-1. The number of hydrogen-bond acceptors (Lipinski definition) is 2. The molecule has 0 amide bonds. The molecule has 64 valence electrons. The molecular weight excluding hydrogens is 335 g/mol. The van der Waals surface area contributed by atoms with E-state index in [1.54, 1.807) is 0 Å². The van der Waals surface area contributed by atoms with Gasteiger partial charge in [0.25, 0.3) is 0 Å². The molecular formula is C8H16O2Pb. The van der Waals surface area contributed by atoms with E-state index in [4.69, 9.17) is 2.69 Å². The Kier molecular flexibility index (Phi) is 8.79. The van der Waals surface area contributed by atoms with Gasteiger partial charge in [-0.3, -0.25) is 0 Å². The van der Waals surface area contributed by atoms with Crippen molar-refractivity contribution in [1.29, 1.82) is 0 Å². The van der Waals surface area contributed by atoms with Crippen LogP contribution in [0.3, 0.4) is 0 Å². The average Bonchev–Trinajstić information content (AvgIpc) is 2.01. The van der Waals surface area contributed by atoms with Gasteiger partial charge in [0.2, 0.25) is 0 Å². The van der Waals surface area contributed by atoms with Crippen LogP contribution >= 0.6 is 0 Å². The molecule has 0 aliphatic rings. The second-order valence-electron chi connectivity index (χ2n) is 2.43. The third kappa shape index (κ3) is 8.30. The Morgan fingerprint density at radius 1 is 1.36 bits per heavy atom.